The molecular weight excluding hydrogens is 477 g/mol. The summed E-state index contributed by atoms with van der Waals surface area (Å²) in [6, 6.07) is 6.40. The van der Waals surface area contributed by atoms with E-state index in [1.165, 1.54) is 22.0 Å². The number of rotatable bonds is 8. The third kappa shape index (κ3) is 7.15. The number of piperidine rings is 1. The maximum Gasteiger partial charge on any atom is 0.191 e. The Hall–Kier alpha value is -1.32. The van der Waals surface area contributed by atoms with Crippen LogP contribution in [0, 0.1) is 6.92 Å². The number of nitrogens with zero attached hydrogens (tertiary/aromatic N) is 2. The first-order valence-electron chi connectivity index (χ1n) is 10.7. The minimum Gasteiger partial charge on any atom is -0.393 e. The highest BCUT2D eigenvalue weighted by Crippen LogP contribution is 2.22. The summed E-state index contributed by atoms with van der Waals surface area (Å²) in [7, 11) is 0. The second-order valence-electron chi connectivity index (χ2n) is 7.68. The Morgan fingerprint density at radius 3 is 2.83 bits per heavy atom. The van der Waals surface area contributed by atoms with Crippen LogP contribution in [0.2, 0.25) is 0 Å². The zero-order valence-corrected chi connectivity index (χ0v) is 20.0. The number of benzene rings is 1. The Balaban J connectivity index is 0.00000300. The Labute approximate surface area is 191 Å². The molecule has 6 nitrogen and oxygen atoms in total. The molecule has 3 rings (SSSR count). The van der Waals surface area contributed by atoms with Gasteiger partial charge in [-0.3, -0.25) is 4.99 Å². The summed E-state index contributed by atoms with van der Waals surface area (Å²) < 4.78 is 0. The maximum absolute atomic E-state index is 9.59. The summed E-state index contributed by atoms with van der Waals surface area (Å²) in [5, 5.41) is 17.7. The van der Waals surface area contributed by atoms with Gasteiger partial charge in [-0.2, -0.15) is 0 Å². The number of aromatic amines is 1. The van der Waals surface area contributed by atoms with Crippen LogP contribution in [0.5, 0.6) is 0 Å². The van der Waals surface area contributed by atoms with E-state index in [-0.39, 0.29) is 30.1 Å². The van der Waals surface area contributed by atoms with Gasteiger partial charge in [0.15, 0.2) is 5.96 Å². The van der Waals surface area contributed by atoms with E-state index in [1.807, 2.05) is 0 Å². The number of aryl methyl sites for hydroxylation is 1. The number of aliphatic imine (C=N–C) groups is 1. The van der Waals surface area contributed by atoms with Crippen molar-refractivity contribution in [2.24, 2.45) is 4.99 Å². The molecule has 1 aromatic carbocycles. The van der Waals surface area contributed by atoms with E-state index < -0.39 is 0 Å². The van der Waals surface area contributed by atoms with Gasteiger partial charge >= 0.3 is 0 Å². The Morgan fingerprint density at radius 2 is 2.07 bits per heavy atom. The highest BCUT2D eigenvalue weighted by Gasteiger charge is 2.15. The number of aromatic nitrogens is 1. The van der Waals surface area contributed by atoms with Crippen LogP contribution < -0.4 is 10.6 Å². The van der Waals surface area contributed by atoms with Gasteiger partial charge in [-0.25, -0.2) is 0 Å². The number of aliphatic hydroxyl groups excluding tert-OH is 1. The summed E-state index contributed by atoms with van der Waals surface area (Å²) in [6.07, 6.45) is 5.85. The predicted molar refractivity (Wildman–Crippen MR) is 132 cm³/mol. The lowest BCUT2D eigenvalue weighted by Crippen LogP contribution is -2.39. The van der Waals surface area contributed by atoms with E-state index in [0.717, 1.165) is 70.9 Å². The van der Waals surface area contributed by atoms with Crippen LogP contribution in [-0.4, -0.2) is 66.3 Å². The molecule has 2 heterocycles. The highest BCUT2D eigenvalue weighted by atomic mass is 127. The van der Waals surface area contributed by atoms with Gasteiger partial charge in [-0.05, 0) is 63.3 Å². The summed E-state index contributed by atoms with van der Waals surface area (Å²) in [6.45, 7) is 9.88. The van der Waals surface area contributed by atoms with Crippen LogP contribution in [0.4, 0.5) is 0 Å². The molecule has 7 heteroatoms. The first kappa shape index (κ1) is 24.0. The summed E-state index contributed by atoms with van der Waals surface area (Å²) in [5.74, 6) is 0.896. The number of nitrogens with one attached hydrogen (secondary N) is 3. The summed E-state index contributed by atoms with van der Waals surface area (Å²) in [5.41, 5.74) is 3.88. The van der Waals surface area contributed by atoms with Crippen LogP contribution in [0.1, 0.15) is 37.3 Å². The molecule has 29 heavy (non-hydrogen) atoms. The molecule has 4 N–H and O–H groups in total. The Bertz CT molecular complexity index is 768. The highest BCUT2D eigenvalue weighted by molar-refractivity contribution is 14.0. The van der Waals surface area contributed by atoms with Crippen molar-refractivity contribution in [1.29, 1.82) is 0 Å². The quantitative estimate of drug-likeness (QED) is 0.190. The van der Waals surface area contributed by atoms with Crippen molar-refractivity contribution in [3.05, 3.63) is 35.5 Å². The van der Waals surface area contributed by atoms with Gasteiger partial charge in [0.1, 0.15) is 0 Å². The SMILES string of the molecule is CCNC(=NCCCN1CCC(O)CC1)NCCc1c[nH]c2cccc(C)c12.I. The van der Waals surface area contributed by atoms with Gasteiger partial charge in [0.25, 0.3) is 0 Å². The van der Waals surface area contributed by atoms with Crippen LogP contribution in [0.25, 0.3) is 10.9 Å². The van der Waals surface area contributed by atoms with E-state index in [9.17, 15) is 5.11 Å². The fourth-order valence-corrected chi connectivity index (χ4v) is 3.93. The molecule has 1 aromatic heterocycles. The molecule has 0 atom stereocenters. The molecule has 162 valence electrons. The number of hydrogen-bond acceptors (Lipinski definition) is 3. The van der Waals surface area contributed by atoms with E-state index in [2.05, 4.69) is 58.8 Å². The number of guanidine groups is 1. The molecule has 0 bridgehead atoms. The van der Waals surface area contributed by atoms with Crippen molar-refractivity contribution < 1.29 is 5.11 Å². The predicted octanol–water partition coefficient (Wildman–Crippen LogP) is 3.04. The smallest absolute Gasteiger partial charge is 0.191 e. The molecule has 1 fully saturated rings. The van der Waals surface area contributed by atoms with Crippen LogP contribution in [0.15, 0.2) is 29.4 Å². The summed E-state index contributed by atoms with van der Waals surface area (Å²) >= 11 is 0. The minimum atomic E-state index is -0.0974. The number of halogens is 1. The largest absolute Gasteiger partial charge is 0.393 e. The molecule has 0 saturated carbocycles. The number of H-pyrrole nitrogens is 1. The first-order chi connectivity index (χ1) is 13.7. The lowest BCUT2D eigenvalue weighted by molar-refractivity contribution is 0.0824. The number of likely N-dealkylation sites (tertiary alicyclic amines) is 1. The first-order valence-corrected chi connectivity index (χ1v) is 10.7. The normalized spacial score (nSPS) is 16.0. The van der Waals surface area contributed by atoms with Gasteiger partial charge < -0.3 is 25.6 Å². The van der Waals surface area contributed by atoms with Crippen molar-refractivity contribution >= 4 is 40.8 Å². The molecule has 0 amide bonds. The third-order valence-corrected chi connectivity index (χ3v) is 5.49. The van der Waals surface area contributed by atoms with Crippen molar-refractivity contribution in [1.82, 2.24) is 20.5 Å². The Kier molecular flexibility index (Phi) is 10.2. The van der Waals surface area contributed by atoms with E-state index in [1.54, 1.807) is 0 Å². The average Bonchev–Trinajstić information content (AvgIpc) is 3.11. The molecule has 0 spiro atoms. The fraction of sp³-hybridized carbons (Fsp3) is 0.591. The van der Waals surface area contributed by atoms with E-state index in [4.69, 9.17) is 4.99 Å². The fourth-order valence-electron chi connectivity index (χ4n) is 3.93. The molecule has 1 aliphatic heterocycles. The molecule has 1 aliphatic rings. The number of aliphatic hydroxyl groups is 1. The third-order valence-electron chi connectivity index (χ3n) is 5.49. The molecule has 2 aromatic rings. The van der Waals surface area contributed by atoms with Crippen molar-refractivity contribution in [3.63, 3.8) is 0 Å². The molecule has 1 saturated heterocycles. The number of hydrogen-bond donors (Lipinski definition) is 4. The van der Waals surface area contributed by atoms with Gasteiger partial charge in [0, 0.05) is 49.8 Å². The standard InChI is InChI=1S/C22H35N5O.HI/c1-3-23-22(24-11-5-13-27-14-9-19(28)10-15-27)25-12-8-18-16-26-20-7-4-6-17(2)21(18)20;/h4,6-7,16,19,26,28H,3,5,8-15H2,1-2H3,(H2,23,24,25);1H. The van der Waals surface area contributed by atoms with Crippen molar-refractivity contribution in [3.8, 4) is 0 Å². The topological polar surface area (TPSA) is 75.7 Å². The monoisotopic (exact) mass is 513 g/mol. The van der Waals surface area contributed by atoms with Crippen LogP contribution in [0.3, 0.4) is 0 Å². The maximum atomic E-state index is 9.59. The van der Waals surface area contributed by atoms with Crippen molar-refractivity contribution in [2.45, 2.75) is 45.6 Å². The lowest BCUT2D eigenvalue weighted by atomic mass is 10.1. The van der Waals surface area contributed by atoms with Crippen LogP contribution >= 0.6 is 24.0 Å². The molecular formula is C22H36IN5O. The average molecular weight is 513 g/mol. The van der Waals surface area contributed by atoms with Gasteiger partial charge in [0.05, 0.1) is 6.10 Å². The zero-order valence-electron chi connectivity index (χ0n) is 17.7. The summed E-state index contributed by atoms with van der Waals surface area (Å²) in [4.78, 5) is 10.5. The van der Waals surface area contributed by atoms with Crippen molar-refractivity contribution in [2.75, 3.05) is 39.3 Å². The van der Waals surface area contributed by atoms with E-state index in [0.29, 0.717) is 0 Å². The van der Waals surface area contributed by atoms with Crippen LogP contribution in [-0.2, 0) is 6.42 Å². The lowest BCUT2D eigenvalue weighted by Gasteiger charge is -2.29. The minimum absolute atomic E-state index is 0. The molecule has 0 radical (unpaired) electrons. The van der Waals surface area contributed by atoms with Gasteiger partial charge in [-0.1, -0.05) is 12.1 Å². The Morgan fingerprint density at radius 1 is 1.28 bits per heavy atom. The van der Waals surface area contributed by atoms with Gasteiger partial charge in [-0.15, -0.1) is 24.0 Å². The second kappa shape index (κ2) is 12.4. The second-order valence-corrected chi connectivity index (χ2v) is 7.68. The number of fused-ring (bicyclic) bond motifs is 1. The molecule has 0 aliphatic carbocycles. The molecule has 0 unspecified atom stereocenters. The zero-order chi connectivity index (χ0) is 19.8. The van der Waals surface area contributed by atoms with Gasteiger partial charge in [0.2, 0.25) is 0 Å². The van der Waals surface area contributed by atoms with E-state index >= 15 is 0 Å².